The molecule has 0 aliphatic rings. The average Bonchev–Trinajstić information content (AvgIpc) is 2.72. The van der Waals surface area contributed by atoms with Gasteiger partial charge >= 0.3 is 5.97 Å². The molecular weight excluding hydrogens is 338 g/mol. The van der Waals surface area contributed by atoms with Gasteiger partial charge in [0.1, 0.15) is 11.2 Å². The first kappa shape index (κ1) is 20.5. The Balaban J connectivity index is 2.21. The third kappa shape index (κ3) is 5.10. The topological polar surface area (TPSA) is 59.3 Å². The van der Waals surface area contributed by atoms with Gasteiger partial charge in [-0.25, -0.2) is 0 Å². The van der Waals surface area contributed by atoms with Crippen molar-refractivity contribution in [1.82, 2.24) is 0 Å². The summed E-state index contributed by atoms with van der Waals surface area (Å²) >= 11 is 0. The van der Waals surface area contributed by atoms with Gasteiger partial charge in [-0.3, -0.25) is 4.79 Å². The van der Waals surface area contributed by atoms with Crippen molar-refractivity contribution in [2.45, 2.75) is 44.4 Å². The number of unbranched alkanes of at least 4 members (excludes halogenated alkanes) is 2. The van der Waals surface area contributed by atoms with Gasteiger partial charge in [0.05, 0.1) is 19.8 Å². The van der Waals surface area contributed by atoms with Crippen LogP contribution in [0.2, 0.25) is 0 Å². The first-order chi connectivity index (χ1) is 13.2. The number of hydrogen-bond donors (Lipinski definition) is 0. The molecule has 1 atom stereocenters. The number of ether oxygens (including phenoxy) is 2. The minimum atomic E-state index is -0.780. The molecule has 4 nitrogen and oxygen atoms in total. The van der Waals surface area contributed by atoms with Crippen LogP contribution in [0.25, 0.3) is 0 Å². The number of rotatable bonds is 10. The highest BCUT2D eigenvalue weighted by Crippen LogP contribution is 2.41. The van der Waals surface area contributed by atoms with Gasteiger partial charge in [0.25, 0.3) is 0 Å². The quantitative estimate of drug-likeness (QED) is 0.438. The number of benzene rings is 2. The maximum atomic E-state index is 11.5. The van der Waals surface area contributed by atoms with Crippen molar-refractivity contribution >= 4 is 5.97 Å². The Bertz CT molecular complexity index is 767. The van der Waals surface area contributed by atoms with Gasteiger partial charge in [0, 0.05) is 12.0 Å². The van der Waals surface area contributed by atoms with E-state index in [1.807, 2.05) is 61.5 Å². The lowest BCUT2D eigenvalue weighted by molar-refractivity contribution is -0.143. The third-order valence-corrected chi connectivity index (χ3v) is 4.76. The van der Waals surface area contributed by atoms with E-state index in [0.717, 1.165) is 36.1 Å². The summed E-state index contributed by atoms with van der Waals surface area (Å²) in [5.74, 6) is 0.561. The fraction of sp³-hybridized carbons (Fsp3) is 0.391. The first-order valence-corrected chi connectivity index (χ1v) is 9.44. The second kappa shape index (κ2) is 10.4. The number of para-hydroxylation sites is 1. The smallest absolute Gasteiger partial charge is 0.305 e. The van der Waals surface area contributed by atoms with Gasteiger partial charge in [-0.05, 0) is 31.4 Å². The van der Waals surface area contributed by atoms with Gasteiger partial charge in [-0.15, -0.1) is 0 Å². The lowest BCUT2D eigenvalue weighted by Crippen LogP contribution is -2.26. The molecule has 4 heteroatoms. The second-order valence-corrected chi connectivity index (χ2v) is 6.45. The maximum Gasteiger partial charge on any atom is 0.305 e. The first-order valence-electron chi connectivity index (χ1n) is 9.44. The fourth-order valence-electron chi connectivity index (χ4n) is 3.40. The summed E-state index contributed by atoms with van der Waals surface area (Å²) in [5, 5.41) is 10.2. The van der Waals surface area contributed by atoms with Crippen LogP contribution in [-0.4, -0.2) is 19.7 Å². The summed E-state index contributed by atoms with van der Waals surface area (Å²) in [5.41, 5.74) is 1.06. The molecule has 0 heterocycles. The molecule has 0 saturated heterocycles. The van der Waals surface area contributed by atoms with E-state index in [2.05, 4.69) is 6.07 Å². The normalized spacial score (nSPS) is 12.6. The molecule has 0 N–H and O–H groups in total. The molecule has 2 rings (SSSR count). The Labute approximate surface area is 161 Å². The Morgan fingerprint density at radius 3 is 2.41 bits per heavy atom. The number of carbonyl (C=O) groups excluding carboxylic acids is 1. The van der Waals surface area contributed by atoms with Crippen LogP contribution in [0.1, 0.15) is 50.2 Å². The number of nitrogens with zero attached hydrogens (tertiary/aromatic N) is 1. The van der Waals surface area contributed by atoms with Gasteiger partial charge in [0.15, 0.2) is 0 Å². The monoisotopic (exact) mass is 365 g/mol. The molecule has 0 saturated carbocycles. The second-order valence-electron chi connectivity index (χ2n) is 6.45. The van der Waals surface area contributed by atoms with Crippen molar-refractivity contribution in [2.24, 2.45) is 0 Å². The standard InChI is InChI=1S/C23H27NO3/c1-3-27-22(25)16-8-5-11-17-23(18-24,19-12-6-4-7-13-19)20-14-9-10-15-21(20)26-2/h4,6-7,9-10,12-15H,3,5,8,11,16-17H2,1-2H3. The summed E-state index contributed by atoms with van der Waals surface area (Å²) in [6.45, 7) is 2.23. The summed E-state index contributed by atoms with van der Waals surface area (Å²) in [4.78, 5) is 11.5. The average molecular weight is 365 g/mol. The Kier molecular flexibility index (Phi) is 7.88. The molecule has 27 heavy (non-hydrogen) atoms. The van der Waals surface area contributed by atoms with Crippen LogP contribution >= 0.6 is 0 Å². The summed E-state index contributed by atoms with van der Waals surface area (Å²) < 4.78 is 10.5. The zero-order valence-electron chi connectivity index (χ0n) is 16.1. The van der Waals surface area contributed by atoms with Gasteiger partial charge in [-0.2, -0.15) is 5.26 Å². The van der Waals surface area contributed by atoms with Crippen LogP contribution in [0.5, 0.6) is 5.75 Å². The molecule has 2 aromatic rings. The third-order valence-electron chi connectivity index (χ3n) is 4.76. The van der Waals surface area contributed by atoms with Crippen LogP contribution < -0.4 is 4.74 Å². The molecule has 142 valence electrons. The number of carbonyl (C=O) groups is 1. The van der Waals surface area contributed by atoms with Gasteiger partial charge in [-0.1, -0.05) is 61.4 Å². The van der Waals surface area contributed by atoms with E-state index < -0.39 is 5.41 Å². The molecule has 0 aliphatic heterocycles. The van der Waals surface area contributed by atoms with Crippen molar-refractivity contribution in [3.63, 3.8) is 0 Å². The summed E-state index contributed by atoms with van der Waals surface area (Å²) in [7, 11) is 1.63. The van der Waals surface area contributed by atoms with Crippen molar-refractivity contribution in [1.29, 1.82) is 5.26 Å². The van der Waals surface area contributed by atoms with Crippen molar-refractivity contribution in [2.75, 3.05) is 13.7 Å². The predicted octanol–water partition coefficient (Wildman–Crippen LogP) is 5.02. The van der Waals surface area contributed by atoms with Gasteiger partial charge < -0.3 is 9.47 Å². The molecule has 2 aromatic carbocycles. The fourth-order valence-corrected chi connectivity index (χ4v) is 3.40. The van der Waals surface area contributed by atoms with E-state index in [1.165, 1.54) is 0 Å². The van der Waals surface area contributed by atoms with E-state index >= 15 is 0 Å². The highest BCUT2D eigenvalue weighted by molar-refractivity contribution is 5.69. The number of esters is 1. The van der Waals surface area contributed by atoms with Crippen LogP contribution in [-0.2, 0) is 14.9 Å². The molecule has 1 unspecified atom stereocenters. The molecule has 0 bridgehead atoms. The SMILES string of the molecule is CCOC(=O)CCCCCC(C#N)(c1ccccc1)c1ccccc1OC. The summed E-state index contributed by atoms with van der Waals surface area (Å²) in [6.07, 6.45) is 3.55. The molecule has 0 radical (unpaired) electrons. The Hall–Kier alpha value is -2.80. The van der Waals surface area contributed by atoms with Crippen molar-refractivity contribution < 1.29 is 14.3 Å². The van der Waals surface area contributed by atoms with E-state index in [0.29, 0.717) is 19.4 Å². The van der Waals surface area contributed by atoms with Gasteiger partial charge in [0.2, 0.25) is 0 Å². The van der Waals surface area contributed by atoms with Crippen LogP contribution in [0.3, 0.4) is 0 Å². The lowest BCUT2D eigenvalue weighted by Gasteiger charge is -2.29. The molecule has 0 amide bonds. The molecule has 0 fully saturated rings. The van der Waals surface area contributed by atoms with Crippen molar-refractivity contribution in [3.05, 3.63) is 65.7 Å². The zero-order valence-corrected chi connectivity index (χ0v) is 16.1. The Morgan fingerprint density at radius 2 is 1.74 bits per heavy atom. The van der Waals surface area contributed by atoms with E-state index in [-0.39, 0.29) is 5.97 Å². The maximum absolute atomic E-state index is 11.5. The number of nitriles is 1. The number of hydrogen-bond acceptors (Lipinski definition) is 4. The van der Waals surface area contributed by atoms with Crippen molar-refractivity contribution in [3.8, 4) is 11.8 Å². The minimum absolute atomic E-state index is 0.156. The zero-order chi connectivity index (χ0) is 19.5. The highest BCUT2D eigenvalue weighted by Gasteiger charge is 2.36. The molecule has 0 aromatic heterocycles. The van der Waals surface area contributed by atoms with Crippen LogP contribution in [0, 0.1) is 11.3 Å². The van der Waals surface area contributed by atoms with E-state index in [9.17, 15) is 10.1 Å². The largest absolute Gasteiger partial charge is 0.496 e. The van der Waals surface area contributed by atoms with Crippen LogP contribution in [0.4, 0.5) is 0 Å². The Morgan fingerprint density at radius 1 is 1.04 bits per heavy atom. The predicted molar refractivity (Wildman–Crippen MR) is 106 cm³/mol. The van der Waals surface area contributed by atoms with E-state index in [4.69, 9.17) is 9.47 Å². The minimum Gasteiger partial charge on any atom is -0.496 e. The summed E-state index contributed by atoms with van der Waals surface area (Å²) in [6, 6.07) is 20.1. The molecule has 0 spiro atoms. The molecular formula is C23H27NO3. The highest BCUT2D eigenvalue weighted by atomic mass is 16.5. The number of methoxy groups -OCH3 is 1. The lowest BCUT2D eigenvalue weighted by atomic mass is 9.71. The molecule has 0 aliphatic carbocycles. The van der Waals surface area contributed by atoms with Crippen LogP contribution in [0.15, 0.2) is 54.6 Å². The van der Waals surface area contributed by atoms with E-state index in [1.54, 1.807) is 7.11 Å².